The summed E-state index contributed by atoms with van der Waals surface area (Å²) in [6.07, 6.45) is 3.63. The van der Waals surface area contributed by atoms with Crippen molar-refractivity contribution < 1.29 is 13.9 Å². The van der Waals surface area contributed by atoms with Crippen molar-refractivity contribution >= 4 is 28.4 Å². The minimum atomic E-state index is -0.288. The number of fused-ring (bicyclic) bond motifs is 2. The molecule has 2 aromatic heterocycles. The van der Waals surface area contributed by atoms with Gasteiger partial charge in [0.15, 0.2) is 5.82 Å². The molecule has 0 N–H and O–H groups in total. The summed E-state index contributed by atoms with van der Waals surface area (Å²) >= 11 is 0. The van der Waals surface area contributed by atoms with E-state index in [4.69, 9.17) is 19.8 Å². The summed E-state index contributed by atoms with van der Waals surface area (Å²) in [5, 5.41) is 5.49. The second kappa shape index (κ2) is 9.86. The quantitative estimate of drug-likeness (QED) is 0.458. The van der Waals surface area contributed by atoms with Gasteiger partial charge in [0.2, 0.25) is 5.91 Å². The van der Waals surface area contributed by atoms with Crippen LogP contribution in [-0.2, 0) is 24.9 Å². The molecule has 200 valence electrons. The van der Waals surface area contributed by atoms with Crippen LogP contribution >= 0.6 is 0 Å². The standard InChI is InChI=1S/C27H33FN8O2/c1-4-24(37)34-10-12-35(13-11-34)25-21-15-36(26-20-14-18(28)7-8-23(20)33(3)31-26)16-22(21)29-27(30-25)38-17-19-6-5-9-32(19)2/h4,7-8,14,19H,1,5-6,9-13,15-17H2,2-3H3/t19-/m0/s1. The molecule has 2 fully saturated rings. The lowest BCUT2D eigenvalue weighted by Crippen LogP contribution is -2.48. The van der Waals surface area contributed by atoms with Crippen LogP contribution in [-0.4, -0.2) is 87.9 Å². The lowest BCUT2D eigenvalue weighted by molar-refractivity contribution is -0.126. The molecule has 1 amide bonds. The molecule has 3 aliphatic rings. The first-order chi connectivity index (χ1) is 18.4. The SMILES string of the molecule is C=CC(=O)N1CCN(c2nc(OC[C@@H]3CCCN3C)nc3c2CN(c2nn(C)c4ccc(F)cc24)C3)CC1. The Labute approximate surface area is 221 Å². The Balaban J connectivity index is 1.31. The van der Waals surface area contributed by atoms with Crippen molar-refractivity contribution in [3.63, 3.8) is 0 Å². The number of hydrogen-bond donors (Lipinski definition) is 0. The average Bonchev–Trinajstić information content (AvgIpc) is 3.63. The van der Waals surface area contributed by atoms with Crippen molar-refractivity contribution in [2.75, 3.05) is 56.2 Å². The number of rotatable bonds is 6. The summed E-state index contributed by atoms with van der Waals surface area (Å²) in [6, 6.07) is 5.48. The molecule has 6 rings (SSSR count). The highest BCUT2D eigenvalue weighted by molar-refractivity contribution is 5.91. The number of benzene rings is 1. The topological polar surface area (TPSA) is 82.9 Å². The van der Waals surface area contributed by atoms with E-state index >= 15 is 0 Å². The lowest BCUT2D eigenvalue weighted by atomic mass is 10.2. The van der Waals surface area contributed by atoms with E-state index in [-0.39, 0.29) is 11.7 Å². The van der Waals surface area contributed by atoms with Crippen molar-refractivity contribution in [3.8, 4) is 6.01 Å². The molecule has 0 unspecified atom stereocenters. The minimum Gasteiger partial charge on any atom is -0.462 e. The second-order valence-corrected chi connectivity index (χ2v) is 10.3. The van der Waals surface area contributed by atoms with Crippen molar-refractivity contribution in [2.24, 2.45) is 7.05 Å². The van der Waals surface area contributed by atoms with Crippen LogP contribution in [0.2, 0.25) is 0 Å². The largest absolute Gasteiger partial charge is 0.462 e. The van der Waals surface area contributed by atoms with Gasteiger partial charge >= 0.3 is 6.01 Å². The molecule has 38 heavy (non-hydrogen) atoms. The van der Waals surface area contributed by atoms with Gasteiger partial charge in [-0.2, -0.15) is 15.1 Å². The van der Waals surface area contributed by atoms with Gasteiger partial charge in [0, 0.05) is 50.2 Å². The molecule has 2 saturated heterocycles. The molecule has 0 aliphatic carbocycles. The maximum Gasteiger partial charge on any atom is 0.318 e. The van der Waals surface area contributed by atoms with Crippen LogP contribution in [0.4, 0.5) is 16.0 Å². The summed E-state index contributed by atoms with van der Waals surface area (Å²) in [5.74, 6) is 1.22. The van der Waals surface area contributed by atoms with E-state index in [1.54, 1.807) is 15.6 Å². The second-order valence-electron chi connectivity index (χ2n) is 10.3. The third-order valence-electron chi connectivity index (χ3n) is 7.97. The van der Waals surface area contributed by atoms with E-state index < -0.39 is 0 Å². The van der Waals surface area contributed by atoms with Crippen LogP contribution in [0.5, 0.6) is 6.01 Å². The van der Waals surface area contributed by atoms with Gasteiger partial charge in [-0.25, -0.2) is 4.39 Å². The third kappa shape index (κ3) is 4.44. The number of amides is 1. The molecule has 11 heteroatoms. The van der Waals surface area contributed by atoms with Crippen LogP contribution in [0.25, 0.3) is 10.9 Å². The Morgan fingerprint density at radius 3 is 2.66 bits per heavy atom. The van der Waals surface area contributed by atoms with Crippen LogP contribution < -0.4 is 14.5 Å². The Bertz CT molecular complexity index is 1380. The van der Waals surface area contributed by atoms with Gasteiger partial charge < -0.3 is 24.3 Å². The van der Waals surface area contributed by atoms with Crippen molar-refractivity contribution in [2.45, 2.75) is 32.0 Å². The average molecular weight is 521 g/mol. The number of halogens is 1. The fourth-order valence-electron chi connectivity index (χ4n) is 5.77. The number of ether oxygens (including phenoxy) is 1. The maximum absolute atomic E-state index is 14.2. The number of carbonyl (C=O) groups excluding carboxylic acids is 1. The van der Waals surface area contributed by atoms with Gasteiger partial charge in [0.25, 0.3) is 0 Å². The minimum absolute atomic E-state index is 0.0530. The molecule has 5 heterocycles. The zero-order valence-corrected chi connectivity index (χ0v) is 21.9. The van der Waals surface area contributed by atoms with Crippen LogP contribution in [0.3, 0.4) is 0 Å². The van der Waals surface area contributed by atoms with Gasteiger partial charge in [0.05, 0.1) is 24.3 Å². The Morgan fingerprint density at radius 1 is 1.11 bits per heavy atom. The summed E-state index contributed by atoms with van der Waals surface area (Å²) in [4.78, 5) is 30.3. The number of aromatic nitrogens is 4. The zero-order valence-electron chi connectivity index (χ0n) is 21.9. The number of anilines is 2. The number of nitrogens with zero attached hydrogens (tertiary/aromatic N) is 8. The molecular formula is C27H33FN8O2. The molecule has 3 aromatic rings. The Morgan fingerprint density at radius 2 is 1.92 bits per heavy atom. The van der Waals surface area contributed by atoms with Crippen LogP contribution in [0.1, 0.15) is 24.1 Å². The first kappa shape index (κ1) is 24.6. The highest BCUT2D eigenvalue weighted by atomic mass is 19.1. The predicted molar refractivity (Wildman–Crippen MR) is 143 cm³/mol. The normalized spacial score (nSPS) is 19.9. The summed E-state index contributed by atoms with van der Waals surface area (Å²) in [7, 11) is 3.99. The van der Waals surface area contributed by atoms with E-state index in [9.17, 15) is 9.18 Å². The summed E-state index contributed by atoms with van der Waals surface area (Å²) < 4.78 is 22.1. The fourth-order valence-corrected chi connectivity index (χ4v) is 5.77. The van der Waals surface area contributed by atoms with Crippen molar-refractivity contribution in [3.05, 3.63) is 47.9 Å². The third-order valence-corrected chi connectivity index (χ3v) is 7.97. The molecule has 0 saturated carbocycles. The highest BCUT2D eigenvalue weighted by Crippen LogP contribution is 2.37. The summed E-state index contributed by atoms with van der Waals surface area (Å²) in [5.41, 5.74) is 2.79. The predicted octanol–water partition coefficient (Wildman–Crippen LogP) is 2.33. The maximum atomic E-state index is 14.2. The van der Waals surface area contributed by atoms with E-state index in [1.165, 1.54) is 24.6 Å². The zero-order chi connectivity index (χ0) is 26.4. The molecular weight excluding hydrogens is 487 g/mol. The molecule has 1 atom stereocenters. The van der Waals surface area contributed by atoms with E-state index in [0.29, 0.717) is 57.9 Å². The van der Waals surface area contributed by atoms with Gasteiger partial charge in [0.1, 0.15) is 18.2 Å². The number of piperazine rings is 1. The monoisotopic (exact) mass is 520 g/mol. The molecule has 1 aromatic carbocycles. The molecule has 0 spiro atoms. The lowest BCUT2D eigenvalue weighted by Gasteiger charge is -2.35. The first-order valence-corrected chi connectivity index (χ1v) is 13.2. The summed E-state index contributed by atoms with van der Waals surface area (Å²) in [6.45, 7) is 8.84. The first-order valence-electron chi connectivity index (χ1n) is 13.2. The van der Waals surface area contributed by atoms with Crippen molar-refractivity contribution in [1.29, 1.82) is 0 Å². The number of carbonyl (C=O) groups is 1. The number of likely N-dealkylation sites (N-methyl/N-ethyl adjacent to an activating group) is 1. The smallest absolute Gasteiger partial charge is 0.318 e. The molecule has 0 bridgehead atoms. The van der Waals surface area contributed by atoms with Crippen molar-refractivity contribution in [1.82, 2.24) is 29.5 Å². The van der Waals surface area contributed by atoms with Crippen LogP contribution in [0, 0.1) is 5.82 Å². The molecule has 10 nitrogen and oxygen atoms in total. The Kier molecular flexibility index (Phi) is 6.38. The van der Waals surface area contributed by atoms with Gasteiger partial charge in [-0.1, -0.05) is 6.58 Å². The van der Waals surface area contributed by atoms with Crippen LogP contribution in [0.15, 0.2) is 30.9 Å². The highest BCUT2D eigenvalue weighted by Gasteiger charge is 2.32. The molecule has 3 aliphatic heterocycles. The van der Waals surface area contributed by atoms with E-state index in [2.05, 4.69) is 28.3 Å². The fraction of sp³-hybridized carbons (Fsp3) is 0.481. The van der Waals surface area contributed by atoms with Gasteiger partial charge in [-0.3, -0.25) is 9.48 Å². The number of likely N-dealkylation sites (tertiary alicyclic amines) is 1. The number of aryl methyl sites for hydroxylation is 1. The number of hydrogen-bond acceptors (Lipinski definition) is 8. The Hall–Kier alpha value is -3.73. The van der Waals surface area contributed by atoms with Gasteiger partial charge in [-0.05, 0) is 50.7 Å². The van der Waals surface area contributed by atoms with Gasteiger partial charge in [-0.15, -0.1) is 0 Å². The molecule has 0 radical (unpaired) electrons. The van der Waals surface area contributed by atoms with E-state index in [1.807, 2.05) is 7.05 Å². The van der Waals surface area contributed by atoms with E-state index in [0.717, 1.165) is 46.8 Å².